The molecule has 0 bridgehead atoms. The van der Waals surface area contributed by atoms with Crippen LogP contribution in [0.25, 0.3) is 16.4 Å². The second-order valence-electron chi connectivity index (χ2n) is 4.06. The van der Waals surface area contributed by atoms with Crippen molar-refractivity contribution in [2.45, 2.75) is 13.8 Å². The molecule has 0 atom stereocenters. The van der Waals surface area contributed by atoms with E-state index >= 15 is 0 Å². The molecule has 1 aromatic carbocycles. The molecule has 0 aliphatic rings. The van der Waals surface area contributed by atoms with E-state index in [1.807, 2.05) is 32.0 Å². The lowest BCUT2D eigenvalue weighted by Gasteiger charge is -2.01. The molecule has 0 amide bonds. The highest BCUT2D eigenvalue weighted by Crippen LogP contribution is 2.18. The van der Waals surface area contributed by atoms with Gasteiger partial charge in [-0.2, -0.15) is 9.61 Å². The van der Waals surface area contributed by atoms with Crippen molar-refractivity contribution in [2.24, 2.45) is 0 Å². The number of aryl methyl sites for hydroxylation is 2. The van der Waals surface area contributed by atoms with Gasteiger partial charge in [-0.3, -0.25) is 0 Å². The first-order valence-corrected chi connectivity index (χ1v) is 5.14. The van der Waals surface area contributed by atoms with Crippen LogP contribution in [0.5, 0.6) is 0 Å². The SMILES string of the molecule is Cc1ccc2[nH]c(=O)n3nc(C)cc3c2c1. The van der Waals surface area contributed by atoms with Gasteiger partial charge in [-0.25, -0.2) is 4.79 Å². The van der Waals surface area contributed by atoms with Crippen molar-refractivity contribution in [3.63, 3.8) is 0 Å². The number of aromatic nitrogens is 3. The molecule has 2 heterocycles. The summed E-state index contributed by atoms with van der Waals surface area (Å²) < 4.78 is 1.41. The summed E-state index contributed by atoms with van der Waals surface area (Å²) in [4.78, 5) is 14.6. The third-order valence-electron chi connectivity index (χ3n) is 2.72. The van der Waals surface area contributed by atoms with Gasteiger partial charge >= 0.3 is 5.69 Å². The summed E-state index contributed by atoms with van der Waals surface area (Å²) in [5.74, 6) is 0. The fourth-order valence-electron chi connectivity index (χ4n) is 1.99. The minimum absolute atomic E-state index is 0.195. The Labute approximate surface area is 91.5 Å². The number of nitrogens with zero attached hydrogens (tertiary/aromatic N) is 2. The Bertz CT molecular complexity index is 752. The van der Waals surface area contributed by atoms with E-state index in [9.17, 15) is 4.79 Å². The van der Waals surface area contributed by atoms with Crippen molar-refractivity contribution >= 4 is 16.4 Å². The van der Waals surface area contributed by atoms with Crippen LogP contribution in [0.3, 0.4) is 0 Å². The molecule has 2 aromatic heterocycles. The second-order valence-corrected chi connectivity index (χ2v) is 4.06. The zero-order chi connectivity index (χ0) is 11.3. The molecule has 3 aromatic rings. The number of aromatic amines is 1. The standard InChI is InChI=1S/C12H11N3O/c1-7-3-4-10-9(5-7)11-6-8(2)14-15(11)12(16)13-10/h3-6H,1-2H3,(H,13,16). The minimum Gasteiger partial charge on any atom is -0.305 e. The van der Waals surface area contributed by atoms with Crippen molar-refractivity contribution in [3.05, 3.63) is 46.0 Å². The molecule has 4 heteroatoms. The molecule has 0 spiro atoms. The Balaban J connectivity index is 2.65. The lowest BCUT2D eigenvalue weighted by atomic mass is 10.1. The Hall–Kier alpha value is -2.10. The van der Waals surface area contributed by atoms with E-state index in [0.29, 0.717) is 0 Å². The maximum absolute atomic E-state index is 11.7. The highest BCUT2D eigenvalue weighted by atomic mass is 16.1. The lowest BCUT2D eigenvalue weighted by Crippen LogP contribution is -2.17. The molecule has 80 valence electrons. The predicted molar refractivity (Wildman–Crippen MR) is 62.8 cm³/mol. The third kappa shape index (κ3) is 1.16. The number of nitrogens with one attached hydrogen (secondary N) is 1. The van der Waals surface area contributed by atoms with Gasteiger partial charge in [-0.05, 0) is 32.0 Å². The van der Waals surface area contributed by atoms with Gasteiger partial charge in [0, 0.05) is 5.39 Å². The van der Waals surface area contributed by atoms with E-state index in [4.69, 9.17) is 0 Å². The van der Waals surface area contributed by atoms with Crippen LogP contribution < -0.4 is 5.69 Å². The number of hydrogen-bond acceptors (Lipinski definition) is 2. The molecule has 16 heavy (non-hydrogen) atoms. The van der Waals surface area contributed by atoms with Gasteiger partial charge in [-0.15, -0.1) is 0 Å². The van der Waals surface area contributed by atoms with Crippen molar-refractivity contribution < 1.29 is 0 Å². The number of H-pyrrole nitrogens is 1. The Morgan fingerprint density at radius 2 is 2.06 bits per heavy atom. The van der Waals surface area contributed by atoms with Crippen LogP contribution in [0.15, 0.2) is 29.1 Å². The fourth-order valence-corrected chi connectivity index (χ4v) is 1.99. The third-order valence-corrected chi connectivity index (χ3v) is 2.72. The Morgan fingerprint density at radius 1 is 1.25 bits per heavy atom. The van der Waals surface area contributed by atoms with Crippen molar-refractivity contribution in [2.75, 3.05) is 0 Å². The minimum atomic E-state index is -0.195. The number of hydrogen-bond donors (Lipinski definition) is 1. The summed E-state index contributed by atoms with van der Waals surface area (Å²) in [7, 11) is 0. The van der Waals surface area contributed by atoms with Crippen molar-refractivity contribution in [1.29, 1.82) is 0 Å². The van der Waals surface area contributed by atoms with Gasteiger partial charge in [0.05, 0.1) is 16.7 Å². The summed E-state index contributed by atoms with van der Waals surface area (Å²) in [6, 6.07) is 7.89. The van der Waals surface area contributed by atoms with E-state index < -0.39 is 0 Å². The summed E-state index contributed by atoms with van der Waals surface area (Å²) in [5.41, 5.74) is 3.53. The maximum atomic E-state index is 11.7. The number of fused-ring (bicyclic) bond motifs is 3. The van der Waals surface area contributed by atoms with Crippen LogP contribution in [0, 0.1) is 13.8 Å². The molecule has 0 saturated heterocycles. The quantitative estimate of drug-likeness (QED) is 0.619. The van der Waals surface area contributed by atoms with Gasteiger partial charge in [0.2, 0.25) is 0 Å². The largest absolute Gasteiger partial charge is 0.347 e. The van der Waals surface area contributed by atoms with E-state index in [-0.39, 0.29) is 5.69 Å². The van der Waals surface area contributed by atoms with E-state index in [0.717, 1.165) is 22.1 Å². The molecule has 4 nitrogen and oxygen atoms in total. The average Bonchev–Trinajstić information content (AvgIpc) is 2.62. The first-order valence-electron chi connectivity index (χ1n) is 5.14. The molecular formula is C12H11N3O. The van der Waals surface area contributed by atoms with Crippen molar-refractivity contribution in [1.82, 2.24) is 14.6 Å². The van der Waals surface area contributed by atoms with Gasteiger partial charge in [-0.1, -0.05) is 11.6 Å². The first kappa shape index (κ1) is 9.15. The number of benzene rings is 1. The molecule has 0 aliphatic heterocycles. The molecule has 0 saturated carbocycles. The number of rotatable bonds is 0. The predicted octanol–water partition coefficient (Wildman–Crippen LogP) is 1.79. The molecule has 3 rings (SSSR count). The van der Waals surface area contributed by atoms with Gasteiger partial charge in [0.15, 0.2) is 0 Å². The second kappa shape index (κ2) is 2.95. The van der Waals surface area contributed by atoms with E-state index in [1.54, 1.807) is 0 Å². The van der Waals surface area contributed by atoms with Crippen LogP contribution in [-0.2, 0) is 0 Å². The lowest BCUT2D eigenvalue weighted by molar-refractivity contribution is 0.864. The molecule has 0 aliphatic carbocycles. The Morgan fingerprint density at radius 3 is 2.88 bits per heavy atom. The molecule has 0 radical (unpaired) electrons. The monoisotopic (exact) mass is 213 g/mol. The molecule has 1 N–H and O–H groups in total. The first-order chi connectivity index (χ1) is 7.65. The molecule has 0 fully saturated rings. The highest BCUT2D eigenvalue weighted by molar-refractivity contribution is 5.93. The van der Waals surface area contributed by atoms with E-state index in [1.165, 1.54) is 10.1 Å². The zero-order valence-corrected chi connectivity index (χ0v) is 9.11. The van der Waals surface area contributed by atoms with Crippen molar-refractivity contribution in [3.8, 4) is 0 Å². The highest BCUT2D eigenvalue weighted by Gasteiger charge is 2.06. The smallest absolute Gasteiger partial charge is 0.305 e. The topological polar surface area (TPSA) is 50.2 Å². The van der Waals surface area contributed by atoms with Crippen LogP contribution in [0.4, 0.5) is 0 Å². The normalized spacial score (nSPS) is 11.4. The van der Waals surface area contributed by atoms with Crippen LogP contribution in [0.1, 0.15) is 11.3 Å². The molecule has 0 unspecified atom stereocenters. The summed E-state index contributed by atoms with van der Waals surface area (Å²) >= 11 is 0. The van der Waals surface area contributed by atoms with Crippen LogP contribution >= 0.6 is 0 Å². The van der Waals surface area contributed by atoms with E-state index in [2.05, 4.69) is 16.1 Å². The zero-order valence-electron chi connectivity index (χ0n) is 9.11. The van der Waals surface area contributed by atoms with Gasteiger partial charge in [0.1, 0.15) is 0 Å². The van der Waals surface area contributed by atoms with Crippen LogP contribution in [-0.4, -0.2) is 14.6 Å². The molecular weight excluding hydrogens is 202 g/mol. The van der Waals surface area contributed by atoms with Gasteiger partial charge < -0.3 is 4.98 Å². The maximum Gasteiger partial charge on any atom is 0.347 e. The van der Waals surface area contributed by atoms with Gasteiger partial charge in [0.25, 0.3) is 0 Å². The summed E-state index contributed by atoms with van der Waals surface area (Å²) in [5, 5.41) is 5.19. The average molecular weight is 213 g/mol. The summed E-state index contributed by atoms with van der Waals surface area (Å²) in [6.07, 6.45) is 0. The fraction of sp³-hybridized carbons (Fsp3) is 0.167. The van der Waals surface area contributed by atoms with Crippen LogP contribution in [0.2, 0.25) is 0 Å². The Kier molecular flexibility index (Phi) is 1.68. The summed E-state index contributed by atoms with van der Waals surface area (Å²) in [6.45, 7) is 3.92.